The smallest absolute Gasteiger partial charge is 0.181 e. The third-order valence-electron chi connectivity index (χ3n) is 11.0. The molecule has 8 atom stereocenters. The van der Waals surface area contributed by atoms with Crippen LogP contribution in [0.1, 0.15) is 78.6 Å². The summed E-state index contributed by atoms with van der Waals surface area (Å²) in [5.41, 5.74) is 0.626. The van der Waals surface area contributed by atoms with Gasteiger partial charge in [-0.15, -0.1) is 0 Å². The number of Topliss-reactive ketones (excluding diaryl/α,β-unsaturated/α-hetero) is 1. The highest BCUT2D eigenvalue weighted by Gasteiger charge is 2.61. The molecule has 4 aliphatic rings. The van der Waals surface area contributed by atoms with Crippen LogP contribution in [-0.4, -0.2) is 31.3 Å². The van der Waals surface area contributed by atoms with E-state index >= 15 is 0 Å². The van der Waals surface area contributed by atoms with Gasteiger partial charge in [-0.2, -0.15) is 5.10 Å². The van der Waals surface area contributed by atoms with Crippen molar-refractivity contribution in [1.29, 1.82) is 0 Å². The highest BCUT2D eigenvalue weighted by molar-refractivity contribution is 6.31. The summed E-state index contributed by atoms with van der Waals surface area (Å²) >= 11 is 6.08. The molecule has 6 heteroatoms. The van der Waals surface area contributed by atoms with Crippen molar-refractivity contribution in [2.75, 3.05) is 0 Å². The summed E-state index contributed by atoms with van der Waals surface area (Å²) in [4.78, 5) is 17.9. The van der Waals surface area contributed by atoms with E-state index in [0.29, 0.717) is 40.2 Å². The number of pyridine rings is 1. The van der Waals surface area contributed by atoms with Crippen LogP contribution >= 0.6 is 11.6 Å². The van der Waals surface area contributed by atoms with Crippen LogP contribution < -0.4 is 0 Å². The fourth-order valence-corrected chi connectivity index (χ4v) is 9.41. The third-order valence-corrected chi connectivity index (χ3v) is 11.2. The van der Waals surface area contributed by atoms with Crippen molar-refractivity contribution in [3.8, 4) is 0 Å². The van der Waals surface area contributed by atoms with Gasteiger partial charge in [-0.25, -0.2) is 4.98 Å². The molecule has 5 nitrogen and oxygen atoms in total. The molecule has 0 unspecified atom stereocenters. The Labute approximate surface area is 207 Å². The molecule has 0 radical (unpaired) electrons. The van der Waals surface area contributed by atoms with E-state index in [1.54, 1.807) is 10.9 Å². The average Bonchev–Trinajstić information content (AvgIpc) is 3.33. The first kappa shape index (κ1) is 23.0. The zero-order chi connectivity index (χ0) is 23.9. The van der Waals surface area contributed by atoms with E-state index in [0.717, 1.165) is 49.3 Å². The number of ketones is 1. The molecular formula is C28H38ClN3O2. The molecule has 34 heavy (non-hydrogen) atoms. The van der Waals surface area contributed by atoms with Crippen LogP contribution in [0.3, 0.4) is 0 Å². The summed E-state index contributed by atoms with van der Waals surface area (Å²) in [5.74, 6) is 3.24. The minimum absolute atomic E-state index is 0.107. The molecule has 4 aliphatic carbocycles. The Balaban J connectivity index is 1.20. The van der Waals surface area contributed by atoms with Gasteiger partial charge in [-0.3, -0.25) is 9.48 Å². The highest BCUT2D eigenvalue weighted by atomic mass is 35.5. The van der Waals surface area contributed by atoms with E-state index in [9.17, 15) is 9.90 Å². The minimum Gasteiger partial charge on any atom is -0.390 e. The lowest BCUT2D eigenvalue weighted by Crippen LogP contribution is -2.55. The number of aromatic nitrogens is 3. The van der Waals surface area contributed by atoms with E-state index in [2.05, 4.69) is 23.9 Å². The fraction of sp³-hybridized carbons (Fsp3) is 0.750. The Morgan fingerprint density at radius 1 is 1.09 bits per heavy atom. The molecule has 0 spiro atoms. The Kier molecular flexibility index (Phi) is 5.25. The number of aliphatic hydroxyl groups is 1. The van der Waals surface area contributed by atoms with Crippen LogP contribution in [-0.2, 0) is 11.3 Å². The van der Waals surface area contributed by atoms with Crippen molar-refractivity contribution in [2.45, 2.75) is 90.7 Å². The summed E-state index contributed by atoms with van der Waals surface area (Å²) in [6.45, 7) is 7.32. The lowest BCUT2D eigenvalue weighted by molar-refractivity contribution is -0.151. The Bertz CT molecular complexity index is 1130. The molecule has 4 saturated carbocycles. The van der Waals surface area contributed by atoms with E-state index in [-0.39, 0.29) is 11.3 Å². The van der Waals surface area contributed by atoms with E-state index in [4.69, 9.17) is 11.6 Å². The second-order valence-corrected chi connectivity index (χ2v) is 13.3. The fourth-order valence-electron chi connectivity index (χ4n) is 9.25. The van der Waals surface area contributed by atoms with Gasteiger partial charge < -0.3 is 5.11 Å². The van der Waals surface area contributed by atoms with Crippen LogP contribution in [0, 0.1) is 40.4 Å². The van der Waals surface area contributed by atoms with Crippen molar-refractivity contribution in [1.82, 2.24) is 14.8 Å². The van der Waals surface area contributed by atoms with Crippen molar-refractivity contribution in [3.05, 3.63) is 23.5 Å². The Morgan fingerprint density at radius 2 is 1.88 bits per heavy atom. The first-order chi connectivity index (χ1) is 16.1. The van der Waals surface area contributed by atoms with Crippen LogP contribution in [0.15, 0.2) is 18.5 Å². The molecule has 2 aromatic rings. The number of halogens is 1. The second-order valence-electron chi connectivity index (χ2n) is 12.9. The van der Waals surface area contributed by atoms with Gasteiger partial charge in [-0.1, -0.05) is 25.4 Å². The number of hydrogen-bond acceptors (Lipinski definition) is 4. The number of nitrogens with zero attached hydrogens (tertiary/aromatic N) is 3. The monoisotopic (exact) mass is 483 g/mol. The normalized spacial score (nSPS) is 43.9. The first-order valence-electron chi connectivity index (χ1n) is 13.3. The van der Waals surface area contributed by atoms with Gasteiger partial charge in [-0.05, 0) is 105 Å². The maximum Gasteiger partial charge on any atom is 0.181 e. The van der Waals surface area contributed by atoms with Crippen LogP contribution in [0.2, 0.25) is 5.02 Å². The predicted octanol–water partition coefficient (Wildman–Crippen LogP) is 6.06. The van der Waals surface area contributed by atoms with E-state index in [1.165, 1.54) is 25.7 Å². The van der Waals surface area contributed by atoms with Gasteiger partial charge in [0.25, 0.3) is 0 Å². The minimum atomic E-state index is -0.483. The molecule has 2 heterocycles. The summed E-state index contributed by atoms with van der Waals surface area (Å²) < 4.78 is 1.76. The second kappa shape index (κ2) is 7.77. The standard InChI is InChI=1S/C28H38ClN3O2/c1-26(34)10-11-27(2)18(13-26)4-5-20-21-6-7-23(28(21,3)9-8-22(20)27)24(33)16-32-15-17-12-19(29)14-30-25(17)31-32/h12,14-15,18,20-23,34H,4-11,13,16H2,1-3H3/t18-,20+,21+,22+,23-,26-,27+,28+/m1/s1. The zero-order valence-electron chi connectivity index (χ0n) is 20.8. The van der Waals surface area contributed by atoms with Gasteiger partial charge in [0.05, 0.1) is 17.2 Å². The Hall–Kier alpha value is -1.46. The largest absolute Gasteiger partial charge is 0.390 e. The molecule has 0 aliphatic heterocycles. The Morgan fingerprint density at radius 3 is 2.71 bits per heavy atom. The van der Waals surface area contributed by atoms with Gasteiger partial charge >= 0.3 is 0 Å². The molecule has 1 N–H and O–H groups in total. The number of carbonyl (C=O) groups is 1. The highest BCUT2D eigenvalue weighted by Crippen LogP contribution is 2.68. The van der Waals surface area contributed by atoms with Crippen LogP contribution in [0.5, 0.6) is 0 Å². The third kappa shape index (κ3) is 3.48. The van der Waals surface area contributed by atoms with Crippen LogP contribution in [0.25, 0.3) is 11.0 Å². The summed E-state index contributed by atoms with van der Waals surface area (Å²) in [6, 6.07) is 1.85. The van der Waals surface area contributed by atoms with Gasteiger partial charge in [0, 0.05) is 23.7 Å². The molecule has 4 fully saturated rings. The molecule has 0 saturated heterocycles. The summed E-state index contributed by atoms with van der Waals surface area (Å²) in [6.07, 6.45) is 13.7. The van der Waals surface area contributed by atoms with Gasteiger partial charge in [0.15, 0.2) is 11.4 Å². The molecule has 184 valence electrons. The molecular weight excluding hydrogens is 446 g/mol. The number of hydrogen-bond donors (Lipinski definition) is 1. The number of fused-ring (bicyclic) bond motifs is 6. The van der Waals surface area contributed by atoms with E-state index < -0.39 is 5.60 Å². The molecule has 0 bridgehead atoms. The summed E-state index contributed by atoms with van der Waals surface area (Å²) in [5, 5.41) is 16.7. The zero-order valence-corrected chi connectivity index (χ0v) is 21.5. The average molecular weight is 484 g/mol. The van der Waals surface area contributed by atoms with Gasteiger partial charge in [0.2, 0.25) is 0 Å². The van der Waals surface area contributed by atoms with Crippen LogP contribution in [0.4, 0.5) is 0 Å². The maximum atomic E-state index is 13.6. The quantitative estimate of drug-likeness (QED) is 0.575. The first-order valence-corrected chi connectivity index (χ1v) is 13.7. The number of carbonyl (C=O) groups excluding carboxylic acids is 1. The molecule has 2 aromatic heterocycles. The van der Waals surface area contributed by atoms with Crippen molar-refractivity contribution < 1.29 is 9.90 Å². The molecule has 0 aromatic carbocycles. The van der Waals surface area contributed by atoms with E-state index in [1.807, 2.05) is 19.2 Å². The van der Waals surface area contributed by atoms with Crippen molar-refractivity contribution in [3.63, 3.8) is 0 Å². The predicted molar refractivity (Wildman–Crippen MR) is 133 cm³/mol. The van der Waals surface area contributed by atoms with Gasteiger partial charge in [0.1, 0.15) is 0 Å². The number of rotatable bonds is 3. The SMILES string of the molecule is C[C@@]1(O)CC[C@@]2(C)[C@H](CC[C@@H]3[C@@H]2CC[C@]2(C)[C@@H](C(=O)Cn4cc5cc(Cl)cnc5n4)CC[C@@H]32)C1. The topological polar surface area (TPSA) is 68.0 Å². The lowest BCUT2D eigenvalue weighted by Gasteiger charge is -2.61. The maximum absolute atomic E-state index is 13.6. The summed E-state index contributed by atoms with van der Waals surface area (Å²) in [7, 11) is 0. The molecule has 0 amide bonds. The van der Waals surface area contributed by atoms with Crippen molar-refractivity contribution >= 4 is 28.4 Å². The molecule has 6 rings (SSSR count). The lowest BCUT2D eigenvalue weighted by atomic mass is 9.44. The van der Waals surface area contributed by atoms with Crippen molar-refractivity contribution in [2.24, 2.45) is 40.4 Å².